The van der Waals surface area contributed by atoms with Crippen LogP contribution in [0.1, 0.15) is 0 Å². The molecule has 0 nitrogen and oxygen atoms in total. The first-order valence-corrected chi connectivity index (χ1v) is 14.2. The van der Waals surface area contributed by atoms with Crippen molar-refractivity contribution in [1.82, 2.24) is 0 Å². The molecule has 0 spiro atoms. The largest absolute Gasteiger partial charge is 0.136 e. The Balaban J connectivity index is 2.34. The van der Waals surface area contributed by atoms with Crippen molar-refractivity contribution in [2.24, 2.45) is 0 Å². The lowest BCUT2D eigenvalue weighted by Crippen LogP contribution is -2.30. The van der Waals surface area contributed by atoms with Crippen molar-refractivity contribution in [3.63, 3.8) is 0 Å². The quantitative estimate of drug-likeness (QED) is 0.423. The van der Waals surface area contributed by atoms with Gasteiger partial charge in [0, 0.05) is 0 Å². The number of hydrogen-bond donors (Lipinski definition) is 0. The standard InChI is InChI=1S/C23H26PSi/c1-25(2,3)20-19-24(21-13-7-4-8-14-21,22-15-9-5-10-16-22)23-17-11-6-12-18-23/h4-20H,1-3H3/q+1/b20-19+. The van der Waals surface area contributed by atoms with Gasteiger partial charge in [-0.1, -0.05) is 79.9 Å². The molecule has 2 heteroatoms. The zero-order valence-corrected chi connectivity index (χ0v) is 17.2. The van der Waals surface area contributed by atoms with Gasteiger partial charge < -0.3 is 0 Å². The van der Waals surface area contributed by atoms with Crippen LogP contribution in [-0.4, -0.2) is 8.07 Å². The van der Waals surface area contributed by atoms with Crippen LogP contribution < -0.4 is 15.9 Å². The van der Waals surface area contributed by atoms with E-state index in [4.69, 9.17) is 0 Å². The predicted molar refractivity (Wildman–Crippen MR) is 118 cm³/mol. The molecule has 0 aromatic heterocycles. The zero-order chi connectivity index (χ0) is 17.8. The Labute approximate surface area is 153 Å². The molecule has 0 aliphatic rings. The smallest absolute Gasteiger partial charge is 0.0660 e. The molecule has 0 radical (unpaired) electrons. The Bertz CT molecular complexity index is 722. The molecule has 0 heterocycles. The number of benzene rings is 3. The highest BCUT2D eigenvalue weighted by Gasteiger charge is 2.43. The first-order chi connectivity index (χ1) is 12.0. The topological polar surface area (TPSA) is 0 Å². The van der Waals surface area contributed by atoms with Gasteiger partial charge in [-0.15, -0.1) is 0 Å². The Kier molecular flexibility index (Phi) is 5.37. The average Bonchev–Trinajstić information content (AvgIpc) is 2.64. The van der Waals surface area contributed by atoms with Gasteiger partial charge in [-0.05, 0) is 36.4 Å². The van der Waals surface area contributed by atoms with Crippen LogP contribution in [0, 0.1) is 0 Å². The van der Waals surface area contributed by atoms with E-state index in [9.17, 15) is 0 Å². The van der Waals surface area contributed by atoms with Crippen molar-refractivity contribution in [3.05, 3.63) is 103 Å². The van der Waals surface area contributed by atoms with Crippen molar-refractivity contribution < 1.29 is 0 Å². The van der Waals surface area contributed by atoms with Crippen molar-refractivity contribution >= 4 is 31.2 Å². The highest BCUT2D eigenvalue weighted by molar-refractivity contribution is 7.98. The zero-order valence-electron chi connectivity index (χ0n) is 15.3. The van der Waals surface area contributed by atoms with E-state index < -0.39 is 15.3 Å². The minimum Gasteiger partial charge on any atom is -0.0660 e. The normalized spacial score (nSPS) is 12.4. The molecular weight excluding hydrogens is 335 g/mol. The van der Waals surface area contributed by atoms with Gasteiger partial charge in [-0.2, -0.15) is 0 Å². The minimum absolute atomic E-state index is 1.32. The van der Waals surface area contributed by atoms with E-state index in [1.165, 1.54) is 15.9 Å². The molecule has 0 unspecified atom stereocenters. The van der Waals surface area contributed by atoms with Crippen LogP contribution in [-0.2, 0) is 0 Å². The van der Waals surface area contributed by atoms with Crippen LogP contribution >= 0.6 is 7.26 Å². The predicted octanol–water partition coefficient (Wildman–Crippen LogP) is 5.37. The Hall–Kier alpha value is -1.95. The summed E-state index contributed by atoms with van der Waals surface area (Å²) in [6.45, 7) is 7.21. The first-order valence-electron chi connectivity index (χ1n) is 8.78. The van der Waals surface area contributed by atoms with Crippen LogP contribution in [0.25, 0.3) is 0 Å². The third-order valence-corrected chi connectivity index (χ3v) is 9.67. The van der Waals surface area contributed by atoms with Crippen molar-refractivity contribution in [1.29, 1.82) is 0 Å². The summed E-state index contributed by atoms with van der Waals surface area (Å²) in [5.74, 6) is 2.55. The van der Waals surface area contributed by atoms with Crippen molar-refractivity contribution in [2.45, 2.75) is 19.6 Å². The van der Waals surface area contributed by atoms with Gasteiger partial charge in [0.15, 0.2) is 0 Å². The fraction of sp³-hybridized carbons (Fsp3) is 0.130. The van der Waals surface area contributed by atoms with E-state index in [1.807, 2.05) is 0 Å². The molecule has 0 aliphatic heterocycles. The molecule has 3 rings (SSSR count). The Morgan fingerprint density at radius 3 is 1.16 bits per heavy atom. The highest BCUT2D eigenvalue weighted by Crippen LogP contribution is 2.57. The summed E-state index contributed by atoms with van der Waals surface area (Å²) >= 11 is 0. The van der Waals surface area contributed by atoms with E-state index in [-0.39, 0.29) is 0 Å². The van der Waals surface area contributed by atoms with Crippen LogP contribution in [0.3, 0.4) is 0 Å². The Morgan fingerprint density at radius 1 is 0.560 bits per heavy atom. The summed E-state index contributed by atoms with van der Waals surface area (Å²) in [5.41, 5.74) is 2.52. The average molecular weight is 362 g/mol. The summed E-state index contributed by atoms with van der Waals surface area (Å²) in [5, 5.41) is 4.26. The molecular formula is C23H26PSi+. The molecule has 3 aromatic rings. The van der Waals surface area contributed by atoms with Crippen molar-refractivity contribution in [3.8, 4) is 0 Å². The second-order valence-electron chi connectivity index (χ2n) is 7.41. The van der Waals surface area contributed by atoms with Crippen LogP contribution in [0.4, 0.5) is 0 Å². The SMILES string of the molecule is C[Si](C)(C)/C=C/[P+](c1ccccc1)(c1ccccc1)c1ccccc1. The molecule has 0 fully saturated rings. The minimum atomic E-state index is -1.80. The van der Waals surface area contributed by atoms with Gasteiger partial charge in [-0.25, -0.2) is 0 Å². The van der Waals surface area contributed by atoms with E-state index in [0.29, 0.717) is 0 Å². The van der Waals surface area contributed by atoms with E-state index in [0.717, 1.165) is 0 Å². The maximum absolute atomic E-state index is 2.55. The summed E-state index contributed by atoms with van der Waals surface area (Å²) in [7, 11) is -3.11. The van der Waals surface area contributed by atoms with Gasteiger partial charge >= 0.3 is 0 Å². The van der Waals surface area contributed by atoms with Crippen LogP contribution in [0.2, 0.25) is 19.6 Å². The summed E-state index contributed by atoms with van der Waals surface area (Å²) in [6.07, 6.45) is 0. The van der Waals surface area contributed by atoms with Gasteiger partial charge in [0.1, 0.15) is 23.2 Å². The molecule has 25 heavy (non-hydrogen) atoms. The first kappa shape index (κ1) is 17.9. The second kappa shape index (κ2) is 7.52. The van der Waals surface area contributed by atoms with Gasteiger partial charge in [-0.3, -0.25) is 0 Å². The maximum Gasteiger partial charge on any atom is 0.136 e. The second-order valence-corrected chi connectivity index (χ2v) is 15.8. The lowest BCUT2D eigenvalue weighted by Gasteiger charge is -2.25. The summed E-state index contributed by atoms with van der Waals surface area (Å²) in [6, 6.07) is 33.1. The summed E-state index contributed by atoms with van der Waals surface area (Å²) in [4.78, 5) is 0. The number of rotatable bonds is 5. The van der Waals surface area contributed by atoms with Crippen molar-refractivity contribution in [2.75, 3.05) is 0 Å². The molecule has 0 amide bonds. The third-order valence-electron chi connectivity index (χ3n) is 4.29. The molecule has 0 atom stereocenters. The summed E-state index contributed by atoms with van der Waals surface area (Å²) < 4.78 is 0. The monoisotopic (exact) mass is 361 g/mol. The van der Waals surface area contributed by atoms with Crippen LogP contribution in [0.15, 0.2) is 103 Å². The lowest BCUT2D eigenvalue weighted by atomic mass is 10.4. The molecule has 0 aliphatic carbocycles. The van der Waals surface area contributed by atoms with Gasteiger partial charge in [0.2, 0.25) is 0 Å². The van der Waals surface area contributed by atoms with E-state index >= 15 is 0 Å². The highest BCUT2D eigenvalue weighted by atomic mass is 31.2. The van der Waals surface area contributed by atoms with Gasteiger partial charge in [0.05, 0.1) is 13.9 Å². The fourth-order valence-electron chi connectivity index (χ4n) is 3.03. The molecule has 0 N–H and O–H groups in total. The van der Waals surface area contributed by atoms with Gasteiger partial charge in [0.25, 0.3) is 0 Å². The maximum atomic E-state index is 2.55. The van der Waals surface area contributed by atoms with Crippen LogP contribution in [0.5, 0.6) is 0 Å². The molecule has 0 bridgehead atoms. The molecule has 3 aromatic carbocycles. The fourth-order valence-corrected chi connectivity index (χ4v) is 9.05. The van der Waals surface area contributed by atoms with E-state index in [1.54, 1.807) is 0 Å². The third kappa shape index (κ3) is 4.00. The lowest BCUT2D eigenvalue weighted by molar-refractivity contribution is 1.72. The van der Waals surface area contributed by atoms with E-state index in [2.05, 4.69) is 122 Å². The molecule has 0 saturated heterocycles. The number of hydrogen-bond acceptors (Lipinski definition) is 0. The molecule has 126 valence electrons. The Morgan fingerprint density at radius 2 is 0.880 bits per heavy atom. The molecule has 0 saturated carbocycles.